The lowest BCUT2D eigenvalue weighted by Gasteiger charge is -2.28. The molecule has 1 fully saturated rings. The summed E-state index contributed by atoms with van der Waals surface area (Å²) in [6.07, 6.45) is 3.82. The van der Waals surface area contributed by atoms with Gasteiger partial charge in [0.15, 0.2) is 5.96 Å². The van der Waals surface area contributed by atoms with E-state index in [-0.39, 0.29) is 12.4 Å². The van der Waals surface area contributed by atoms with Gasteiger partial charge in [-0.05, 0) is 37.3 Å². The Bertz CT molecular complexity index is 1030. The Hall–Kier alpha value is -3.60. The Labute approximate surface area is 191 Å². The number of nitrogens with zero attached hydrogens (tertiary/aromatic N) is 2. The number of guanidine groups is 1. The summed E-state index contributed by atoms with van der Waals surface area (Å²) in [5.41, 5.74) is 18.4. The van der Waals surface area contributed by atoms with Crippen LogP contribution in [-0.2, 0) is 20.8 Å². The fourth-order valence-electron chi connectivity index (χ4n) is 4.14. The summed E-state index contributed by atoms with van der Waals surface area (Å²) >= 11 is 0. The molecular formula is C22H31N7O4. The molecule has 2 heterocycles. The standard InChI is InChI=1S/C22H31N7O4/c23-15(6-3-9-26-22(24)25)19(30)28-17(20(31)29-10-4-8-18(29)21(32)33)11-13-12-27-16-7-2-1-5-14(13)16/h1-2,5,7,12,15,17-18,27H,3-4,6,8-11,23H2,(H,28,30)(H,32,33)(H4,24,25,26)/t15-,17-,18-/m0/s1. The zero-order valence-electron chi connectivity index (χ0n) is 18.4. The van der Waals surface area contributed by atoms with Crippen molar-refractivity contribution in [3.8, 4) is 0 Å². The molecule has 0 spiro atoms. The number of fused-ring (bicyclic) bond motifs is 1. The number of benzene rings is 1. The molecule has 0 saturated carbocycles. The lowest BCUT2D eigenvalue weighted by atomic mass is 10.0. The first-order valence-corrected chi connectivity index (χ1v) is 11.0. The minimum absolute atomic E-state index is 0.0315. The predicted octanol–water partition coefficient (Wildman–Crippen LogP) is -0.348. The number of H-pyrrole nitrogens is 1. The first kappa shape index (κ1) is 24.1. The summed E-state index contributed by atoms with van der Waals surface area (Å²) in [6.45, 7) is 0.676. The second kappa shape index (κ2) is 10.8. The largest absolute Gasteiger partial charge is 0.480 e. The van der Waals surface area contributed by atoms with E-state index in [1.54, 1.807) is 6.20 Å². The molecule has 1 aromatic carbocycles. The number of carbonyl (C=O) groups excluding carboxylic acids is 2. The molecule has 1 aromatic heterocycles. The molecule has 3 atom stereocenters. The van der Waals surface area contributed by atoms with E-state index in [0.717, 1.165) is 16.5 Å². The summed E-state index contributed by atoms with van der Waals surface area (Å²) < 4.78 is 0. The second-order valence-corrected chi connectivity index (χ2v) is 8.21. The first-order valence-electron chi connectivity index (χ1n) is 11.0. The average molecular weight is 458 g/mol. The fraction of sp³-hybridized carbons (Fsp3) is 0.455. The van der Waals surface area contributed by atoms with Gasteiger partial charge < -0.3 is 37.5 Å². The van der Waals surface area contributed by atoms with E-state index in [1.165, 1.54) is 4.90 Å². The summed E-state index contributed by atoms with van der Waals surface area (Å²) in [7, 11) is 0. The van der Waals surface area contributed by atoms with Crippen molar-refractivity contribution in [3.63, 3.8) is 0 Å². The number of carboxylic acid groups (broad SMARTS) is 1. The van der Waals surface area contributed by atoms with E-state index in [0.29, 0.717) is 38.8 Å². The Kier molecular flexibility index (Phi) is 7.88. The molecule has 1 aliphatic rings. The van der Waals surface area contributed by atoms with Crippen molar-refractivity contribution in [2.75, 3.05) is 13.1 Å². The predicted molar refractivity (Wildman–Crippen MR) is 124 cm³/mol. The van der Waals surface area contributed by atoms with Crippen LogP contribution in [0.2, 0.25) is 0 Å². The average Bonchev–Trinajstić information content (AvgIpc) is 3.43. The maximum absolute atomic E-state index is 13.4. The molecule has 3 rings (SSSR count). The topological polar surface area (TPSA) is 193 Å². The van der Waals surface area contributed by atoms with Gasteiger partial charge in [0.1, 0.15) is 12.1 Å². The van der Waals surface area contributed by atoms with Gasteiger partial charge in [0.2, 0.25) is 11.8 Å². The van der Waals surface area contributed by atoms with Crippen LogP contribution in [0.5, 0.6) is 0 Å². The number of amides is 2. The smallest absolute Gasteiger partial charge is 0.326 e. The lowest BCUT2D eigenvalue weighted by molar-refractivity contribution is -0.149. The Morgan fingerprint density at radius 1 is 1.27 bits per heavy atom. The van der Waals surface area contributed by atoms with Crippen LogP contribution in [0.1, 0.15) is 31.2 Å². The quantitative estimate of drug-likeness (QED) is 0.159. The highest BCUT2D eigenvalue weighted by atomic mass is 16.4. The highest BCUT2D eigenvalue weighted by Crippen LogP contribution is 2.23. The molecule has 0 bridgehead atoms. The third kappa shape index (κ3) is 6.01. The minimum atomic E-state index is -1.05. The number of aromatic amines is 1. The van der Waals surface area contributed by atoms with E-state index >= 15 is 0 Å². The normalized spacial score (nSPS) is 17.5. The molecule has 0 unspecified atom stereocenters. The zero-order chi connectivity index (χ0) is 24.0. The van der Waals surface area contributed by atoms with Crippen LogP contribution in [0.4, 0.5) is 0 Å². The molecule has 0 aliphatic carbocycles. The third-order valence-electron chi connectivity index (χ3n) is 5.84. The van der Waals surface area contributed by atoms with Crippen molar-refractivity contribution in [1.82, 2.24) is 15.2 Å². The van der Waals surface area contributed by atoms with Gasteiger partial charge in [0, 0.05) is 36.6 Å². The number of nitrogens with one attached hydrogen (secondary N) is 2. The van der Waals surface area contributed by atoms with E-state index < -0.39 is 35.9 Å². The van der Waals surface area contributed by atoms with Crippen LogP contribution >= 0.6 is 0 Å². The van der Waals surface area contributed by atoms with Crippen molar-refractivity contribution >= 4 is 34.6 Å². The van der Waals surface area contributed by atoms with Crippen molar-refractivity contribution < 1.29 is 19.5 Å². The number of hydrogen-bond donors (Lipinski definition) is 6. The maximum Gasteiger partial charge on any atom is 0.326 e. The van der Waals surface area contributed by atoms with Gasteiger partial charge >= 0.3 is 5.97 Å². The maximum atomic E-state index is 13.4. The van der Waals surface area contributed by atoms with Gasteiger partial charge in [-0.25, -0.2) is 4.79 Å². The van der Waals surface area contributed by atoms with Gasteiger partial charge in [-0.2, -0.15) is 0 Å². The number of aromatic nitrogens is 1. The summed E-state index contributed by atoms with van der Waals surface area (Å²) in [5.74, 6) is -1.99. The molecule has 1 aliphatic heterocycles. The monoisotopic (exact) mass is 457 g/mol. The van der Waals surface area contributed by atoms with Crippen LogP contribution in [0.3, 0.4) is 0 Å². The zero-order valence-corrected chi connectivity index (χ0v) is 18.4. The van der Waals surface area contributed by atoms with Gasteiger partial charge in [0.25, 0.3) is 0 Å². The van der Waals surface area contributed by atoms with E-state index in [9.17, 15) is 19.5 Å². The van der Waals surface area contributed by atoms with Crippen LogP contribution < -0.4 is 22.5 Å². The molecule has 0 radical (unpaired) electrons. The summed E-state index contributed by atoms with van der Waals surface area (Å²) in [6, 6.07) is 4.94. The Balaban J connectivity index is 1.76. The molecule has 33 heavy (non-hydrogen) atoms. The molecule has 178 valence electrons. The molecule has 1 saturated heterocycles. The molecule has 9 N–H and O–H groups in total. The minimum Gasteiger partial charge on any atom is -0.480 e. The van der Waals surface area contributed by atoms with Crippen molar-refractivity contribution in [1.29, 1.82) is 0 Å². The highest BCUT2D eigenvalue weighted by molar-refractivity contribution is 5.93. The lowest BCUT2D eigenvalue weighted by Crippen LogP contribution is -2.55. The van der Waals surface area contributed by atoms with Crippen LogP contribution in [0.25, 0.3) is 10.9 Å². The molecule has 11 nitrogen and oxygen atoms in total. The van der Waals surface area contributed by atoms with Gasteiger partial charge in [-0.15, -0.1) is 0 Å². The Morgan fingerprint density at radius 2 is 2.03 bits per heavy atom. The summed E-state index contributed by atoms with van der Waals surface area (Å²) in [4.78, 5) is 46.1. The molecule has 11 heteroatoms. The number of hydrogen-bond acceptors (Lipinski definition) is 5. The highest BCUT2D eigenvalue weighted by Gasteiger charge is 2.38. The first-order chi connectivity index (χ1) is 15.8. The number of carbonyl (C=O) groups is 3. The fourth-order valence-corrected chi connectivity index (χ4v) is 4.14. The van der Waals surface area contributed by atoms with Crippen LogP contribution in [-0.4, -0.2) is 69.9 Å². The van der Waals surface area contributed by atoms with Crippen molar-refractivity contribution in [2.24, 2.45) is 22.2 Å². The van der Waals surface area contributed by atoms with E-state index in [1.807, 2.05) is 24.3 Å². The number of aliphatic carboxylic acids is 1. The van der Waals surface area contributed by atoms with Crippen LogP contribution in [0.15, 0.2) is 35.5 Å². The number of carboxylic acids is 1. The Morgan fingerprint density at radius 3 is 2.76 bits per heavy atom. The number of nitrogens with two attached hydrogens (primary N) is 3. The number of aliphatic imine (C=N–C) groups is 1. The summed E-state index contributed by atoms with van der Waals surface area (Å²) in [5, 5.41) is 13.2. The van der Waals surface area contributed by atoms with Gasteiger partial charge in [-0.1, -0.05) is 18.2 Å². The molecular weight excluding hydrogens is 426 g/mol. The van der Waals surface area contributed by atoms with E-state index in [2.05, 4.69) is 15.3 Å². The third-order valence-corrected chi connectivity index (χ3v) is 5.84. The SMILES string of the molecule is NC(N)=NCCC[C@H](N)C(=O)N[C@@H](Cc1c[nH]c2ccccc12)C(=O)N1CCC[C@H]1C(=O)O. The van der Waals surface area contributed by atoms with Crippen molar-refractivity contribution in [2.45, 2.75) is 50.2 Å². The molecule has 2 aromatic rings. The number of likely N-dealkylation sites (tertiary alicyclic amines) is 1. The number of para-hydroxylation sites is 1. The number of rotatable bonds is 10. The van der Waals surface area contributed by atoms with Gasteiger partial charge in [-0.3, -0.25) is 14.6 Å². The van der Waals surface area contributed by atoms with Crippen molar-refractivity contribution in [3.05, 3.63) is 36.0 Å². The second-order valence-electron chi connectivity index (χ2n) is 8.21. The van der Waals surface area contributed by atoms with Crippen LogP contribution in [0, 0.1) is 0 Å². The molecule has 2 amide bonds. The van der Waals surface area contributed by atoms with Gasteiger partial charge in [0.05, 0.1) is 6.04 Å². The van der Waals surface area contributed by atoms with E-state index in [4.69, 9.17) is 17.2 Å².